The standard InChI is InChI=1S/C13H22N4OS/c1-5-13(6-2,19-4)9-17-12(18)10-7-16-11(14-3)8-15-10/h7-8H,5-6,9H2,1-4H3,(H,14,16)(H,17,18). The molecule has 106 valence electrons. The smallest absolute Gasteiger partial charge is 0.271 e. The molecular weight excluding hydrogens is 260 g/mol. The number of aromatic nitrogens is 2. The molecule has 0 saturated heterocycles. The Morgan fingerprint density at radius 1 is 1.32 bits per heavy atom. The fourth-order valence-corrected chi connectivity index (χ4v) is 2.56. The molecule has 0 radical (unpaired) electrons. The van der Waals surface area contributed by atoms with Gasteiger partial charge in [-0.3, -0.25) is 4.79 Å². The van der Waals surface area contributed by atoms with Gasteiger partial charge in [-0.15, -0.1) is 0 Å². The van der Waals surface area contributed by atoms with Gasteiger partial charge >= 0.3 is 0 Å². The number of anilines is 1. The lowest BCUT2D eigenvalue weighted by atomic mass is 10.0. The van der Waals surface area contributed by atoms with E-state index in [0.29, 0.717) is 18.1 Å². The van der Waals surface area contributed by atoms with Crippen molar-refractivity contribution >= 4 is 23.5 Å². The van der Waals surface area contributed by atoms with E-state index in [-0.39, 0.29) is 10.7 Å². The van der Waals surface area contributed by atoms with Gasteiger partial charge in [-0.05, 0) is 19.1 Å². The predicted molar refractivity (Wildman–Crippen MR) is 80.7 cm³/mol. The van der Waals surface area contributed by atoms with Crippen LogP contribution >= 0.6 is 11.8 Å². The largest absolute Gasteiger partial charge is 0.372 e. The average molecular weight is 282 g/mol. The van der Waals surface area contributed by atoms with Crippen LogP contribution in [0, 0.1) is 0 Å². The summed E-state index contributed by atoms with van der Waals surface area (Å²) in [6.45, 7) is 4.94. The second-order valence-electron chi connectivity index (χ2n) is 4.31. The highest BCUT2D eigenvalue weighted by Gasteiger charge is 2.25. The first-order valence-corrected chi connectivity index (χ1v) is 7.66. The third-order valence-corrected chi connectivity index (χ3v) is 5.02. The van der Waals surface area contributed by atoms with Crippen molar-refractivity contribution in [2.45, 2.75) is 31.4 Å². The SMILES string of the molecule is CCC(CC)(CNC(=O)c1cnc(NC)cn1)SC. The van der Waals surface area contributed by atoms with Crippen LogP contribution in [0.2, 0.25) is 0 Å². The number of rotatable bonds is 7. The van der Waals surface area contributed by atoms with Gasteiger partial charge in [0, 0.05) is 18.3 Å². The van der Waals surface area contributed by atoms with Crippen LogP contribution in [0.15, 0.2) is 12.4 Å². The highest BCUT2D eigenvalue weighted by molar-refractivity contribution is 8.00. The highest BCUT2D eigenvalue weighted by Crippen LogP contribution is 2.29. The number of thioether (sulfide) groups is 1. The van der Waals surface area contributed by atoms with Gasteiger partial charge in [0.05, 0.1) is 12.4 Å². The lowest BCUT2D eigenvalue weighted by Crippen LogP contribution is -2.39. The molecule has 0 fully saturated rings. The molecule has 0 unspecified atom stereocenters. The molecule has 0 atom stereocenters. The fraction of sp³-hybridized carbons (Fsp3) is 0.615. The molecule has 5 nitrogen and oxygen atoms in total. The van der Waals surface area contributed by atoms with Crippen molar-refractivity contribution in [1.29, 1.82) is 0 Å². The number of nitrogens with one attached hydrogen (secondary N) is 2. The molecule has 0 saturated carbocycles. The maximum atomic E-state index is 12.0. The summed E-state index contributed by atoms with van der Waals surface area (Å²) in [6, 6.07) is 0. The lowest BCUT2D eigenvalue weighted by Gasteiger charge is -2.29. The molecule has 19 heavy (non-hydrogen) atoms. The van der Waals surface area contributed by atoms with E-state index >= 15 is 0 Å². The zero-order valence-electron chi connectivity index (χ0n) is 12.0. The Kier molecular flexibility index (Phi) is 6.08. The van der Waals surface area contributed by atoms with Gasteiger partial charge in [0.2, 0.25) is 0 Å². The minimum Gasteiger partial charge on any atom is -0.372 e. The second-order valence-corrected chi connectivity index (χ2v) is 5.59. The summed E-state index contributed by atoms with van der Waals surface area (Å²) in [6.07, 6.45) is 7.17. The summed E-state index contributed by atoms with van der Waals surface area (Å²) < 4.78 is 0.105. The molecule has 0 aliphatic heterocycles. The Bertz CT molecular complexity index is 395. The quantitative estimate of drug-likeness (QED) is 0.802. The summed E-state index contributed by atoms with van der Waals surface area (Å²) in [5.74, 6) is 0.479. The number of hydrogen-bond acceptors (Lipinski definition) is 5. The van der Waals surface area contributed by atoms with Crippen LogP contribution in [-0.4, -0.2) is 40.5 Å². The average Bonchev–Trinajstić information content (AvgIpc) is 2.49. The van der Waals surface area contributed by atoms with Crippen LogP contribution < -0.4 is 10.6 Å². The van der Waals surface area contributed by atoms with E-state index in [1.807, 2.05) is 0 Å². The molecule has 1 aromatic heterocycles. The second kappa shape index (κ2) is 7.33. The molecule has 1 heterocycles. The molecule has 0 spiro atoms. The third kappa shape index (κ3) is 4.09. The Morgan fingerprint density at radius 2 is 2.00 bits per heavy atom. The van der Waals surface area contributed by atoms with Crippen molar-refractivity contribution in [3.05, 3.63) is 18.1 Å². The first-order valence-electron chi connectivity index (χ1n) is 6.44. The van der Waals surface area contributed by atoms with E-state index in [2.05, 4.69) is 40.7 Å². The Labute approximate surface area is 119 Å². The molecule has 1 amide bonds. The maximum Gasteiger partial charge on any atom is 0.271 e. The molecule has 0 aliphatic rings. The molecule has 1 aromatic rings. The van der Waals surface area contributed by atoms with Gasteiger partial charge in [0.25, 0.3) is 5.91 Å². The van der Waals surface area contributed by atoms with Crippen LogP contribution in [0.4, 0.5) is 5.82 Å². The molecule has 2 N–H and O–H groups in total. The summed E-state index contributed by atoms with van der Waals surface area (Å²) in [7, 11) is 1.76. The van der Waals surface area contributed by atoms with E-state index in [1.54, 1.807) is 25.0 Å². The first-order chi connectivity index (χ1) is 9.10. The Hall–Kier alpha value is -1.30. The highest BCUT2D eigenvalue weighted by atomic mass is 32.2. The van der Waals surface area contributed by atoms with Gasteiger partial charge in [-0.2, -0.15) is 11.8 Å². The maximum absolute atomic E-state index is 12.0. The predicted octanol–water partition coefficient (Wildman–Crippen LogP) is 2.17. The summed E-state index contributed by atoms with van der Waals surface area (Å²) >= 11 is 1.80. The molecule has 0 aliphatic carbocycles. The first kappa shape index (κ1) is 15.8. The van der Waals surface area contributed by atoms with Gasteiger partial charge < -0.3 is 10.6 Å². The topological polar surface area (TPSA) is 66.9 Å². The minimum atomic E-state index is -0.171. The van der Waals surface area contributed by atoms with Crippen LogP contribution in [0.25, 0.3) is 0 Å². The zero-order chi connectivity index (χ0) is 14.3. The van der Waals surface area contributed by atoms with Crippen LogP contribution in [0.5, 0.6) is 0 Å². The molecule has 0 bridgehead atoms. The van der Waals surface area contributed by atoms with E-state index < -0.39 is 0 Å². The monoisotopic (exact) mass is 282 g/mol. The van der Waals surface area contributed by atoms with Gasteiger partial charge in [0.1, 0.15) is 11.5 Å². The number of carbonyl (C=O) groups excluding carboxylic acids is 1. The number of carbonyl (C=O) groups is 1. The Morgan fingerprint density at radius 3 is 2.42 bits per heavy atom. The van der Waals surface area contributed by atoms with Crippen molar-refractivity contribution in [2.24, 2.45) is 0 Å². The van der Waals surface area contributed by atoms with Crippen molar-refractivity contribution < 1.29 is 4.79 Å². The van der Waals surface area contributed by atoms with Crippen LogP contribution in [0.1, 0.15) is 37.2 Å². The minimum absolute atomic E-state index is 0.105. The molecule has 1 rings (SSSR count). The summed E-state index contributed by atoms with van der Waals surface area (Å²) in [5.41, 5.74) is 0.348. The van der Waals surface area contributed by atoms with Crippen molar-refractivity contribution in [3.8, 4) is 0 Å². The van der Waals surface area contributed by atoms with E-state index in [1.165, 1.54) is 6.20 Å². The molecular formula is C13H22N4OS. The van der Waals surface area contributed by atoms with Gasteiger partial charge in [-0.1, -0.05) is 13.8 Å². The van der Waals surface area contributed by atoms with Crippen LogP contribution in [0.3, 0.4) is 0 Å². The van der Waals surface area contributed by atoms with Crippen LogP contribution in [-0.2, 0) is 0 Å². The Balaban J connectivity index is 2.63. The number of amides is 1. The van der Waals surface area contributed by atoms with Crippen molar-refractivity contribution in [1.82, 2.24) is 15.3 Å². The van der Waals surface area contributed by atoms with Gasteiger partial charge in [0.15, 0.2) is 0 Å². The normalized spacial score (nSPS) is 11.2. The number of nitrogens with zero attached hydrogens (tertiary/aromatic N) is 2. The third-order valence-electron chi connectivity index (χ3n) is 3.43. The van der Waals surface area contributed by atoms with E-state index in [4.69, 9.17) is 0 Å². The summed E-state index contributed by atoms with van der Waals surface area (Å²) in [5, 5.41) is 5.82. The number of hydrogen-bond donors (Lipinski definition) is 2. The van der Waals surface area contributed by atoms with Crippen molar-refractivity contribution in [3.63, 3.8) is 0 Å². The zero-order valence-corrected chi connectivity index (χ0v) is 12.8. The molecule has 6 heteroatoms. The molecule has 0 aromatic carbocycles. The van der Waals surface area contributed by atoms with E-state index in [9.17, 15) is 4.79 Å². The summed E-state index contributed by atoms with van der Waals surface area (Å²) in [4.78, 5) is 20.2. The van der Waals surface area contributed by atoms with E-state index in [0.717, 1.165) is 12.8 Å². The fourth-order valence-electron chi connectivity index (χ4n) is 1.77. The van der Waals surface area contributed by atoms with Gasteiger partial charge in [-0.25, -0.2) is 9.97 Å². The lowest BCUT2D eigenvalue weighted by molar-refractivity contribution is 0.0943. The van der Waals surface area contributed by atoms with Crippen molar-refractivity contribution in [2.75, 3.05) is 25.2 Å².